The summed E-state index contributed by atoms with van der Waals surface area (Å²) in [6.45, 7) is 3.00. The van der Waals surface area contributed by atoms with Crippen LogP contribution in [0.4, 0.5) is 5.13 Å². The second-order valence-corrected chi connectivity index (χ2v) is 8.79. The van der Waals surface area contributed by atoms with Crippen LogP contribution < -0.4 is 5.32 Å². The maximum absolute atomic E-state index is 12.8. The van der Waals surface area contributed by atoms with Gasteiger partial charge in [-0.05, 0) is 18.6 Å². The third-order valence-electron chi connectivity index (χ3n) is 5.68. The van der Waals surface area contributed by atoms with Gasteiger partial charge in [0.2, 0.25) is 11.8 Å². The van der Waals surface area contributed by atoms with E-state index >= 15 is 0 Å². The monoisotopic (exact) mass is 430 g/mol. The molecule has 0 saturated carbocycles. The Hall–Kier alpha value is -3.45. The number of carbonyl (C=O) groups is 2. The van der Waals surface area contributed by atoms with Gasteiger partial charge in [0.25, 0.3) is 0 Å². The number of aryl methyl sites for hydroxylation is 1. The Morgan fingerprint density at radius 3 is 2.87 bits per heavy atom. The van der Waals surface area contributed by atoms with Crippen LogP contribution in [0.15, 0.2) is 60.1 Å². The average Bonchev–Trinajstić information content (AvgIpc) is 3.48. The normalized spacial score (nSPS) is 16.2. The van der Waals surface area contributed by atoms with Crippen molar-refractivity contribution in [3.8, 4) is 11.3 Å². The molecule has 2 aromatic heterocycles. The Labute approximate surface area is 183 Å². The lowest BCUT2D eigenvalue weighted by molar-refractivity contribution is -0.128. The zero-order valence-corrected chi connectivity index (χ0v) is 17.9. The van der Waals surface area contributed by atoms with E-state index in [1.54, 1.807) is 4.90 Å². The summed E-state index contributed by atoms with van der Waals surface area (Å²) in [7, 11) is 0. The maximum Gasteiger partial charge on any atom is 0.231 e. The minimum absolute atomic E-state index is 0.0133. The molecular formula is C24H22N4O2S. The molecule has 1 atom stereocenters. The van der Waals surface area contributed by atoms with Gasteiger partial charge in [0.1, 0.15) is 0 Å². The number of nitrogens with one attached hydrogen (secondary N) is 2. The van der Waals surface area contributed by atoms with E-state index in [1.165, 1.54) is 16.9 Å². The first-order valence-electron chi connectivity index (χ1n) is 10.2. The molecule has 156 valence electrons. The number of benzene rings is 2. The number of hydrogen-bond donors (Lipinski definition) is 2. The Kier molecular flexibility index (Phi) is 5.03. The molecule has 1 saturated heterocycles. The smallest absolute Gasteiger partial charge is 0.231 e. The zero-order valence-electron chi connectivity index (χ0n) is 17.1. The van der Waals surface area contributed by atoms with Crippen LogP contribution in [0.3, 0.4) is 0 Å². The van der Waals surface area contributed by atoms with Crippen LogP contribution in [0.1, 0.15) is 17.5 Å². The highest BCUT2D eigenvalue weighted by molar-refractivity contribution is 7.14. The van der Waals surface area contributed by atoms with Crippen molar-refractivity contribution in [3.05, 3.63) is 71.2 Å². The number of hydrogen-bond acceptors (Lipinski definition) is 4. The van der Waals surface area contributed by atoms with E-state index < -0.39 is 0 Å². The van der Waals surface area contributed by atoms with Crippen molar-refractivity contribution >= 4 is 39.2 Å². The minimum Gasteiger partial charge on any atom is -0.360 e. The Balaban J connectivity index is 1.24. The van der Waals surface area contributed by atoms with Gasteiger partial charge in [-0.3, -0.25) is 9.59 Å². The lowest BCUT2D eigenvalue weighted by atomic mass is 10.1. The maximum atomic E-state index is 12.8. The number of aromatic nitrogens is 2. The lowest BCUT2D eigenvalue weighted by Crippen LogP contribution is -2.28. The van der Waals surface area contributed by atoms with Crippen LogP contribution in [-0.2, 0) is 16.1 Å². The lowest BCUT2D eigenvalue weighted by Gasteiger charge is -2.16. The number of fused-ring (bicyclic) bond motifs is 1. The molecule has 4 aromatic rings. The first-order chi connectivity index (χ1) is 15.1. The predicted molar refractivity (Wildman–Crippen MR) is 123 cm³/mol. The fraction of sp³-hybridized carbons (Fsp3) is 0.208. The van der Waals surface area contributed by atoms with Gasteiger partial charge in [-0.25, -0.2) is 4.98 Å². The van der Waals surface area contributed by atoms with Gasteiger partial charge >= 0.3 is 0 Å². The van der Waals surface area contributed by atoms with Crippen LogP contribution in [0.2, 0.25) is 0 Å². The summed E-state index contributed by atoms with van der Waals surface area (Å²) in [5.74, 6) is -0.502. The second-order valence-electron chi connectivity index (χ2n) is 7.94. The van der Waals surface area contributed by atoms with Crippen LogP contribution in [-0.4, -0.2) is 33.2 Å². The van der Waals surface area contributed by atoms with Crippen LogP contribution in [0, 0.1) is 12.8 Å². The van der Waals surface area contributed by atoms with E-state index in [2.05, 4.69) is 15.3 Å². The Morgan fingerprint density at radius 2 is 2.03 bits per heavy atom. The highest BCUT2D eigenvalue weighted by Gasteiger charge is 2.34. The molecule has 31 heavy (non-hydrogen) atoms. The van der Waals surface area contributed by atoms with Gasteiger partial charge < -0.3 is 15.2 Å². The highest BCUT2D eigenvalue weighted by Crippen LogP contribution is 2.31. The van der Waals surface area contributed by atoms with Gasteiger partial charge in [-0.2, -0.15) is 0 Å². The van der Waals surface area contributed by atoms with Gasteiger partial charge in [0, 0.05) is 47.6 Å². The predicted octanol–water partition coefficient (Wildman–Crippen LogP) is 4.59. The second kappa shape index (κ2) is 8.00. The quantitative estimate of drug-likeness (QED) is 0.486. The molecule has 1 unspecified atom stereocenters. The van der Waals surface area contributed by atoms with Crippen molar-refractivity contribution in [2.24, 2.45) is 5.92 Å². The SMILES string of the molecule is Cc1ccc(CN2CC(C(=O)Nc3nc(-c4c[nH]c5ccccc45)cs3)CC2=O)cc1. The number of aromatic amines is 1. The standard InChI is InChI=1S/C24H22N4O2S/c1-15-6-8-16(9-7-15)12-28-13-17(10-22(28)29)23(30)27-24-26-21(14-31-24)19-11-25-20-5-3-2-4-18(19)20/h2-9,11,14,17,25H,10,12-13H2,1H3,(H,26,27,30). The number of carbonyl (C=O) groups excluding carboxylic acids is 2. The summed E-state index contributed by atoms with van der Waals surface area (Å²) in [5, 5.41) is 6.49. The number of anilines is 1. The molecule has 3 heterocycles. The number of thiazole rings is 1. The molecule has 1 fully saturated rings. The first-order valence-corrected chi connectivity index (χ1v) is 11.1. The molecule has 5 rings (SSSR count). The van der Waals surface area contributed by atoms with Gasteiger partial charge in [0.15, 0.2) is 5.13 Å². The molecule has 2 amide bonds. The van der Waals surface area contributed by atoms with E-state index in [1.807, 2.05) is 67.0 Å². The fourth-order valence-corrected chi connectivity index (χ4v) is 4.67. The summed E-state index contributed by atoms with van der Waals surface area (Å²) >= 11 is 1.39. The average molecular weight is 431 g/mol. The van der Waals surface area contributed by atoms with Crippen molar-refractivity contribution in [3.63, 3.8) is 0 Å². The molecule has 0 bridgehead atoms. The van der Waals surface area contributed by atoms with Crippen LogP contribution in [0.25, 0.3) is 22.2 Å². The van der Waals surface area contributed by atoms with Crippen molar-refractivity contribution in [1.82, 2.24) is 14.9 Å². The van der Waals surface area contributed by atoms with E-state index in [0.29, 0.717) is 18.2 Å². The first kappa shape index (κ1) is 19.5. The largest absolute Gasteiger partial charge is 0.360 e. The van der Waals surface area contributed by atoms with E-state index in [4.69, 9.17) is 0 Å². The summed E-state index contributed by atoms with van der Waals surface area (Å²) in [4.78, 5) is 34.8. The van der Waals surface area contributed by atoms with Gasteiger partial charge in [-0.15, -0.1) is 11.3 Å². The summed E-state index contributed by atoms with van der Waals surface area (Å²) < 4.78 is 0. The molecule has 6 nitrogen and oxygen atoms in total. The molecule has 7 heteroatoms. The molecule has 2 aromatic carbocycles. The van der Waals surface area contributed by atoms with Crippen molar-refractivity contribution in [2.75, 3.05) is 11.9 Å². The summed E-state index contributed by atoms with van der Waals surface area (Å²) in [5.41, 5.74) is 5.13. The van der Waals surface area contributed by atoms with Crippen molar-refractivity contribution in [1.29, 1.82) is 0 Å². The number of likely N-dealkylation sites (tertiary alicyclic amines) is 1. The third kappa shape index (κ3) is 3.96. The van der Waals surface area contributed by atoms with Crippen LogP contribution in [0.5, 0.6) is 0 Å². The highest BCUT2D eigenvalue weighted by atomic mass is 32.1. The number of nitrogens with zero attached hydrogens (tertiary/aromatic N) is 2. The van der Waals surface area contributed by atoms with Crippen LogP contribution >= 0.6 is 11.3 Å². The number of H-pyrrole nitrogens is 1. The van der Waals surface area contributed by atoms with Crippen molar-refractivity contribution in [2.45, 2.75) is 19.9 Å². The topological polar surface area (TPSA) is 78.1 Å². The van der Waals surface area contributed by atoms with Crippen molar-refractivity contribution < 1.29 is 9.59 Å². The van der Waals surface area contributed by atoms with E-state index in [-0.39, 0.29) is 24.2 Å². The molecule has 2 N–H and O–H groups in total. The van der Waals surface area contributed by atoms with E-state index in [0.717, 1.165) is 27.7 Å². The van der Waals surface area contributed by atoms with Gasteiger partial charge in [-0.1, -0.05) is 48.0 Å². The molecule has 0 radical (unpaired) electrons. The number of amides is 2. The molecule has 1 aliphatic heterocycles. The van der Waals surface area contributed by atoms with E-state index in [9.17, 15) is 9.59 Å². The molecule has 1 aliphatic rings. The zero-order chi connectivity index (χ0) is 21.4. The molecule has 0 spiro atoms. The number of rotatable bonds is 5. The molecule has 0 aliphatic carbocycles. The Morgan fingerprint density at radius 1 is 1.23 bits per heavy atom. The third-order valence-corrected chi connectivity index (χ3v) is 6.44. The summed E-state index contributed by atoms with van der Waals surface area (Å²) in [6.07, 6.45) is 2.17. The Bertz CT molecular complexity index is 1260. The molecular weight excluding hydrogens is 408 g/mol. The summed E-state index contributed by atoms with van der Waals surface area (Å²) in [6, 6.07) is 16.2. The minimum atomic E-state index is -0.363. The van der Waals surface area contributed by atoms with Gasteiger partial charge in [0.05, 0.1) is 11.6 Å². The number of para-hydroxylation sites is 1. The fourth-order valence-electron chi connectivity index (χ4n) is 3.96.